The van der Waals surface area contributed by atoms with Crippen LogP contribution < -0.4 is 0 Å². The van der Waals surface area contributed by atoms with Crippen LogP contribution in [0.1, 0.15) is 42.5 Å². The molecular weight excluding hydrogens is 246 g/mol. The highest BCUT2D eigenvalue weighted by Gasteiger charge is 2.41. The van der Waals surface area contributed by atoms with Crippen LogP contribution in [-0.4, -0.2) is 35.2 Å². The largest absolute Gasteiger partial charge is 0.389 e. The summed E-state index contributed by atoms with van der Waals surface area (Å²) in [4.78, 5) is 2.35. The molecule has 112 valence electrons. The van der Waals surface area contributed by atoms with Crippen molar-refractivity contribution < 1.29 is 5.11 Å². The van der Waals surface area contributed by atoms with Gasteiger partial charge in [0.25, 0.3) is 0 Å². The van der Waals surface area contributed by atoms with Crippen molar-refractivity contribution in [2.45, 2.75) is 59.1 Å². The zero-order chi connectivity index (χ0) is 15.1. The van der Waals surface area contributed by atoms with Crippen LogP contribution in [0.3, 0.4) is 0 Å². The zero-order valence-corrected chi connectivity index (χ0v) is 13.8. The molecule has 0 aromatic heterocycles. The molecule has 3 atom stereocenters. The van der Waals surface area contributed by atoms with E-state index in [0.29, 0.717) is 12.0 Å². The first-order valence-electron chi connectivity index (χ1n) is 7.72. The first-order chi connectivity index (χ1) is 9.23. The van der Waals surface area contributed by atoms with Crippen molar-refractivity contribution in [1.29, 1.82) is 0 Å². The highest BCUT2D eigenvalue weighted by Crippen LogP contribution is 2.34. The van der Waals surface area contributed by atoms with Gasteiger partial charge in [-0.25, -0.2) is 0 Å². The van der Waals surface area contributed by atoms with Gasteiger partial charge in [-0.15, -0.1) is 0 Å². The number of benzene rings is 1. The monoisotopic (exact) mass is 275 g/mol. The smallest absolute Gasteiger partial charge is 0.0740 e. The maximum atomic E-state index is 11.1. The first-order valence-corrected chi connectivity index (χ1v) is 7.72. The first kappa shape index (κ1) is 15.5. The van der Waals surface area contributed by atoms with Gasteiger partial charge in [0.15, 0.2) is 0 Å². The quantitative estimate of drug-likeness (QED) is 0.895. The predicted molar refractivity (Wildman–Crippen MR) is 85.2 cm³/mol. The van der Waals surface area contributed by atoms with Gasteiger partial charge in [0, 0.05) is 19.0 Å². The number of aliphatic hydroxyl groups is 1. The highest BCUT2D eigenvalue weighted by molar-refractivity contribution is 5.37. The summed E-state index contributed by atoms with van der Waals surface area (Å²) in [6, 6.07) is 4.96. The Morgan fingerprint density at radius 2 is 1.75 bits per heavy atom. The van der Waals surface area contributed by atoms with Crippen LogP contribution in [0.4, 0.5) is 0 Å². The lowest BCUT2D eigenvalue weighted by Crippen LogP contribution is -2.54. The Kier molecular flexibility index (Phi) is 4.27. The van der Waals surface area contributed by atoms with E-state index in [4.69, 9.17) is 0 Å². The Bertz CT molecular complexity index is 496. The Balaban J connectivity index is 2.26. The van der Waals surface area contributed by atoms with Crippen molar-refractivity contribution in [3.63, 3.8) is 0 Å². The lowest BCUT2D eigenvalue weighted by Gasteiger charge is -2.46. The van der Waals surface area contributed by atoms with Crippen molar-refractivity contribution in [2.75, 3.05) is 13.6 Å². The predicted octanol–water partition coefficient (Wildman–Crippen LogP) is 3.25. The fourth-order valence-electron chi connectivity index (χ4n) is 3.44. The molecule has 0 unspecified atom stereocenters. The molecule has 1 aromatic rings. The van der Waals surface area contributed by atoms with Gasteiger partial charge in [0.05, 0.1) is 5.60 Å². The molecule has 1 fully saturated rings. The van der Waals surface area contributed by atoms with Crippen LogP contribution in [0, 0.1) is 26.7 Å². The molecule has 0 saturated carbocycles. The minimum absolute atomic E-state index is 0.310. The van der Waals surface area contributed by atoms with E-state index in [1.165, 1.54) is 22.3 Å². The second kappa shape index (κ2) is 5.50. The average Bonchev–Trinajstić information content (AvgIpc) is 2.34. The van der Waals surface area contributed by atoms with Gasteiger partial charge in [-0.2, -0.15) is 0 Å². The molecule has 1 aliphatic rings. The van der Waals surface area contributed by atoms with Crippen molar-refractivity contribution in [3.8, 4) is 0 Å². The molecule has 0 aliphatic carbocycles. The summed E-state index contributed by atoms with van der Waals surface area (Å²) >= 11 is 0. The molecule has 2 nitrogen and oxygen atoms in total. The zero-order valence-electron chi connectivity index (χ0n) is 13.8. The summed E-state index contributed by atoms with van der Waals surface area (Å²) in [5.74, 6) is 0.310. The minimum atomic E-state index is -0.571. The Morgan fingerprint density at radius 1 is 1.15 bits per heavy atom. The summed E-state index contributed by atoms with van der Waals surface area (Å²) in [5.41, 5.74) is 4.70. The highest BCUT2D eigenvalue weighted by atomic mass is 16.3. The molecule has 0 amide bonds. The summed E-state index contributed by atoms with van der Waals surface area (Å²) in [5, 5.41) is 11.1. The van der Waals surface area contributed by atoms with Crippen LogP contribution in [0.15, 0.2) is 12.1 Å². The second-order valence-corrected chi connectivity index (χ2v) is 7.04. The summed E-state index contributed by atoms with van der Waals surface area (Å²) in [7, 11) is 2.15. The van der Waals surface area contributed by atoms with Gasteiger partial charge in [-0.3, -0.25) is 0 Å². The van der Waals surface area contributed by atoms with Gasteiger partial charge in [-0.05, 0) is 69.3 Å². The number of likely N-dealkylation sites (tertiary alicyclic amines) is 1. The molecule has 1 heterocycles. The Hall–Kier alpha value is -0.860. The fraction of sp³-hybridized carbons (Fsp3) is 0.667. The van der Waals surface area contributed by atoms with Crippen LogP contribution in [0.2, 0.25) is 0 Å². The van der Waals surface area contributed by atoms with Crippen molar-refractivity contribution in [1.82, 2.24) is 4.90 Å². The van der Waals surface area contributed by atoms with Gasteiger partial charge < -0.3 is 10.0 Å². The van der Waals surface area contributed by atoms with Gasteiger partial charge in [-0.1, -0.05) is 19.1 Å². The van der Waals surface area contributed by atoms with Crippen LogP contribution in [0.5, 0.6) is 0 Å². The molecule has 0 bridgehead atoms. The summed E-state index contributed by atoms with van der Waals surface area (Å²) in [6.07, 6.45) is 1.64. The van der Waals surface area contributed by atoms with E-state index in [-0.39, 0.29) is 0 Å². The molecular formula is C18H29NO. The average molecular weight is 275 g/mol. The van der Waals surface area contributed by atoms with Crippen molar-refractivity contribution in [3.05, 3.63) is 34.4 Å². The Morgan fingerprint density at radius 3 is 2.40 bits per heavy atom. The number of hydrogen-bond acceptors (Lipinski definition) is 2. The number of aryl methyl sites for hydroxylation is 3. The third kappa shape index (κ3) is 2.91. The van der Waals surface area contributed by atoms with E-state index in [9.17, 15) is 5.11 Å². The van der Waals surface area contributed by atoms with E-state index in [1.54, 1.807) is 0 Å². The molecule has 1 aliphatic heterocycles. The third-order valence-electron chi connectivity index (χ3n) is 5.33. The molecule has 1 saturated heterocycles. The summed E-state index contributed by atoms with van der Waals surface area (Å²) < 4.78 is 0. The molecule has 0 radical (unpaired) electrons. The van der Waals surface area contributed by atoms with E-state index in [2.05, 4.69) is 58.7 Å². The number of nitrogens with zero attached hydrogens (tertiary/aromatic N) is 1. The van der Waals surface area contributed by atoms with E-state index < -0.39 is 5.60 Å². The van der Waals surface area contributed by atoms with Gasteiger partial charge >= 0.3 is 0 Å². The fourth-order valence-corrected chi connectivity index (χ4v) is 3.44. The second-order valence-electron chi connectivity index (χ2n) is 7.04. The summed E-state index contributed by atoms with van der Waals surface area (Å²) in [6.45, 7) is 11.8. The molecule has 0 spiro atoms. The normalized spacial score (nSPS) is 31.6. The van der Waals surface area contributed by atoms with E-state index in [0.717, 1.165) is 19.4 Å². The molecule has 2 rings (SSSR count). The number of hydrogen-bond donors (Lipinski definition) is 1. The van der Waals surface area contributed by atoms with Crippen molar-refractivity contribution in [2.24, 2.45) is 5.92 Å². The SMILES string of the molecule is Cc1cc(C)c(C[C@@]2(O)C[C@H](C)N(C)C[C@@H]2C)cc1C. The molecule has 1 N–H and O–H groups in total. The maximum absolute atomic E-state index is 11.1. The standard InChI is InChI=1S/C18H29NO/c1-12-7-14(3)17(8-13(12)2)10-18(20)9-16(5)19(6)11-15(18)4/h7-8,15-16,20H,9-11H2,1-6H3/t15-,16-,18-/m0/s1. The van der Waals surface area contributed by atoms with Crippen LogP contribution in [0.25, 0.3) is 0 Å². The Labute approximate surface area is 123 Å². The van der Waals surface area contributed by atoms with E-state index in [1.807, 2.05) is 0 Å². The van der Waals surface area contributed by atoms with Crippen LogP contribution in [-0.2, 0) is 6.42 Å². The van der Waals surface area contributed by atoms with Gasteiger partial charge in [0.2, 0.25) is 0 Å². The molecule has 1 aromatic carbocycles. The topological polar surface area (TPSA) is 23.5 Å². The lowest BCUT2D eigenvalue weighted by atomic mass is 9.74. The van der Waals surface area contributed by atoms with Crippen molar-refractivity contribution >= 4 is 0 Å². The minimum Gasteiger partial charge on any atom is -0.389 e. The maximum Gasteiger partial charge on any atom is 0.0740 e. The molecule has 2 heteroatoms. The third-order valence-corrected chi connectivity index (χ3v) is 5.33. The van der Waals surface area contributed by atoms with E-state index >= 15 is 0 Å². The number of rotatable bonds is 2. The van der Waals surface area contributed by atoms with Crippen LogP contribution >= 0.6 is 0 Å². The molecule has 20 heavy (non-hydrogen) atoms. The number of piperidine rings is 1. The lowest BCUT2D eigenvalue weighted by molar-refractivity contribution is -0.0779. The van der Waals surface area contributed by atoms with Gasteiger partial charge in [0.1, 0.15) is 0 Å².